The maximum absolute atomic E-state index is 2.59. The first-order chi connectivity index (χ1) is 27.1. The molecular formula is C52H43BN2. The fourth-order valence-electron chi connectivity index (χ4n) is 10.1. The monoisotopic (exact) mass is 706 g/mol. The maximum Gasteiger partial charge on any atom is 0.252 e. The molecule has 8 aromatic rings. The average Bonchev–Trinajstić information content (AvgIpc) is 3.23. The topological polar surface area (TPSA) is 6.48 Å². The predicted octanol–water partition coefficient (Wildman–Crippen LogP) is 12.4. The minimum absolute atomic E-state index is 0.135. The largest absolute Gasteiger partial charge is 0.311 e. The first-order valence-corrected chi connectivity index (χ1v) is 20.2. The number of fused-ring (bicyclic) bond motifs is 6. The molecule has 0 N–H and O–H groups in total. The van der Waals surface area contributed by atoms with Crippen molar-refractivity contribution in [1.29, 1.82) is 0 Å². The maximum atomic E-state index is 2.59. The van der Waals surface area contributed by atoms with Gasteiger partial charge in [0, 0.05) is 34.1 Å². The van der Waals surface area contributed by atoms with E-state index >= 15 is 0 Å². The van der Waals surface area contributed by atoms with Crippen LogP contribution in [0.5, 0.6) is 0 Å². The Morgan fingerprint density at radius 1 is 0.473 bits per heavy atom. The Balaban J connectivity index is 1.16. The highest BCUT2D eigenvalue weighted by atomic mass is 15.2. The van der Waals surface area contributed by atoms with Crippen molar-refractivity contribution in [2.45, 2.75) is 51.9 Å². The fraction of sp³-hybridized carbons (Fsp3) is 0.154. The molecule has 11 rings (SSSR count). The van der Waals surface area contributed by atoms with Gasteiger partial charge in [-0.25, -0.2) is 0 Å². The number of hydrogen-bond acceptors (Lipinski definition) is 2. The summed E-state index contributed by atoms with van der Waals surface area (Å²) in [5.74, 6) is 0.564. The lowest BCUT2D eigenvalue weighted by Gasteiger charge is -2.45. The van der Waals surface area contributed by atoms with Gasteiger partial charge in [-0.15, -0.1) is 0 Å². The van der Waals surface area contributed by atoms with Crippen LogP contribution >= 0.6 is 0 Å². The van der Waals surface area contributed by atoms with Crippen LogP contribution in [-0.2, 0) is 0 Å². The van der Waals surface area contributed by atoms with Gasteiger partial charge in [0.25, 0.3) is 6.71 Å². The van der Waals surface area contributed by atoms with E-state index in [2.05, 4.69) is 181 Å². The molecular weight excluding hydrogens is 663 g/mol. The molecule has 2 heterocycles. The lowest BCUT2D eigenvalue weighted by atomic mass is 9.33. The summed E-state index contributed by atoms with van der Waals surface area (Å²) in [7, 11) is 0. The van der Waals surface area contributed by atoms with E-state index in [1.165, 1.54) is 132 Å². The van der Waals surface area contributed by atoms with E-state index in [9.17, 15) is 0 Å². The van der Waals surface area contributed by atoms with Crippen LogP contribution in [0.25, 0.3) is 32.7 Å². The number of hydrogen-bond donors (Lipinski definition) is 0. The van der Waals surface area contributed by atoms with Crippen molar-refractivity contribution < 1.29 is 0 Å². The standard InChI is InChI=1S/C52H43BN2/c1-34-20-25-41(26-21-34)54-47-19-11-10-18-45(47)53-46-30-35(2)22-29-48(46)55(50-33-40(32-49(54)52(50)53)36-12-4-3-5-13-36)42-27-23-37(24-28-42)51-43-16-8-6-14-38(43)31-39-15-7-9-17-44(39)51/h6-11,14-33,36H,3-5,12-13H2,1-2H3. The second kappa shape index (κ2) is 12.8. The smallest absolute Gasteiger partial charge is 0.252 e. The van der Waals surface area contributed by atoms with Gasteiger partial charge < -0.3 is 9.80 Å². The fourth-order valence-corrected chi connectivity index (χ4v) is 10.1. The number of aryl methyl sites for hydroxylation is 2. The molecule has 0 aromatic heterocycles. The van der Waals surface area contributed by atoms with E-state index in [-0.39, 0.29) is 6.71 Å². The lowest BCUT2D eigenvalue weighted by molar-refractivity contribution is 0.444. The molecule has 1 aliphatic carbocycles. The van der Waals surface area contributed by atoms with Crippen molar-refractivity contribution in [1.82, 2.24) is 0 Å². The number of nitrogens with zero attached hydrogens (tertiary/aromatic N) is 2. The molecule has 2 nitrogen and oxygen atoms in total. The Morgan fingerprint density at radius 3 is 1.71 bits per heavy atom. The molecule has 1 saturated carbocycles. The van der Waals surface area contributed by atoms with Crippen LogP contribution in [0, 0.1) is 13.8 Å². The molecule has 0 unspecified atom stereocenters. The predicted molar refractivity (Wildman–Crippen MR) is 236 cm³/mol. The van der Waals surface area contributed by atoms with Crippen LogP contribution < -0.4 is 26.2 Å². The highest BCUT2D eigenvalue weighted by molar-refractivity contribution is 7.00. The van der Waals surface area contributed by atoms with E-state index in [4.69, 9.17) is 0 Å². The van der Waals surface area contributed by atoms with E-state index in [0.29, 0.717) is 5.92 Å². The zero-order valence-electron chi connectivity index (χ0n) is 31.6. The summed E-state index contributed by atoms with van der Waals surface area (Å²) in [6.07, 6.45) is 6.47. The minimum atomic E-state index is 0.135. The Labute approximate surface area is 324 Å². The molecule has 0 amide bonds. The van der Waals surface area contributed by atoms with Gasteiger partial charge in [-0.2, -0.15) is 0 Å². The summed E-state index contributed by atoms with van der Waals surface area (Å²) < 4.78 is 0. The Bertz CT molecular complexity index is 2720. The molecule has 1 fully saturated rings. The Kier molecular flexibility index (Phi) is 7.52. The van der Waals surface area contributed by atoms with E-state index < -0.39 is 0 Å². The summed E-state index contributed by atoms with van der Waals surface area (Å²) in [5, 5.41) is 5.13. The second-order valence-electron chi connectivity index (χ2n) is 16.1. The molecule has 55 heavy (non-hydrogen) atoms. The second-order valence-corrected chi connectivity index (χ2v) is 16.1. The summed E-state index contributed by atoms with van der Waals surface area (Å²) in [6.45, 7) is 4.56. The van der Waals surface area contributed by atoms with E-state index in [0.717, 1.165) is 0 Å². The number of para-hydroxylation sites is 1. The Morgan fingerprint density at radius 2 is 1.04 bits per heavy atom. The molecule has 0 radical (unpaired) electrons. The van der Waals surface area contributed by atoms with Gasteiger partial charge in [0.05, 0.1) is 0 Å². The average molecular weight is 707 g/mol. The molecule has 0 spiro atoms. The molecule has 3 heteroatoms. The van der Waals surface area contributed by atoms with Gasteiger partial charge in [0.1, 0.15) is 0 Å². The Hall–Kier alpha value is -6.06. The van der Waals surface area contributed by atoms with Crippen molar-refractivity contribution >= 4 is 78.8 Å². The van der Waals surface area contributed by atoms with Crippen molar-refractivity contribution in [2.75, 3.05) is 9.80 Å². The third-order valence-corrected chi connectivity index (χ3v) is 12.7. The van der Waals surface area contributed by atoms with Gasteiger partial charge in [-0.05, 0) is 142 Å². The van der Waals surface area contributed by atoms with Gasteiger partial charge >= 0.3 is 0 Å². The normalized spacial score (nSPS) is 14.9. The van der Waals surface area contributed by atoms with E-state index in [1.807, 2.05) is 0 Å². The molecule has 3 aliphatic rings. The lowest BCUT2D eigenvalue weighted by Crippen LogP contribution is -2.61. The van der Waals surface area contributed by atoms with Crippen LogP contribution in [0.4, 0.5) is 34.1 Å². The van der Waals surface area contributed by atoms with Gasteiger partial charge in [-0.1, -0.05) is 134 Å². The summed E-state index contributed by atoms with van der Waals surface area (Å²) in [5.41, 5.74) is 18.3. The summed E-state index contributed by atoms with van der Waals surface area (Å²) >= 11 is 0. The van der Waals surface area contributed by atoms with Crippen molar-refractivity contribution in [2.24, 2.45) is 0 Å². The minimum Gasteiger partial charge on any atom is -0.311 e. The molecule has 0 saturated heterocycles. The third kappa shape index (κ3) is 5.17. The highest BCUT2D eigenvalue weighted by Gasteiger charge is 2.43. The zero-order valence-corrected chi connectivity index (χ0v) is 31.6. The first-order valence-electron chi connectivity index (χ1n) is 20.2. The van der Waals surface area contributed by atoms with Crippen molar-refractivity contribution in [3.05, 3.63) is 174 Å². The summed E-state index contributed by atoms with van der Waals surface area (Å²) in [4.78, 5) is 5.15. The van der Waals surface area contributed by atoms with Gasteiger partial charge in [0.15, 0.2) is 0 Å². The number of anilines is 6. The first kappa shape index (κ1) is 32.4. The van der Waals surface area contributed by atoms with Gasteiger partial charge in [-0.3, -0.25) is 0 Å². The molecule has 0 atom stereocenters. The number of benzene rings is 8. The van der Waals surface area contributed by atoms with Crippen molar-refractivity contribution in [3.8, 4) is 11.1 Å². The van der Waals surface area contributed by atoms with Crippen LogP contribution in [0.2, 0.25) is 0 Å². The molecule has 264 valence electrons. The third-order valence-electron chi connectivity index (χ3n) is 12.7. The molecule has 8 aromatic carbocycles. The van der Waals surface area contributed by atoms with Crippen molar-refractivity contribution in [3.63, 3.8) is 0 Å². The highest BCUT2D eigenvalue weighted by Crippen LogP contribution is 2.47. The molecule has 2 aliphatic heterocycles. The molecule has 0 bridgehead atoms. The van der Waals surface area contributed by atoms with Crippen LogP contribution in [0.3, 0.4) is 0 Å². The van der Waals surface area contributed by atoms with Crippen LogP contribution in [0.15, 0.2) is 158 Å². The van der Waals surface area contributed by atoms with Crippen LogP contribution in [0.1, 0.15) is 54.7 Å². The van der Waals surface area contributed by atoms with Gasteiger partial charge in [0.2, 0.25) is 0 Å². The zero-order chi connectivity index (χ0) is 36.6. The number of rotatable bonds is 4. The van der Waals surface area contributed by atoms with Crippen LogP contribution in [-0.4, -0.2) is 6.71 Å². The quantitative estimate of drug-likeness (QED) is 0.133. The SMILES string of the molecule is Cc1ccc(N2c3ccccc3B3c4cc(C)ccc4N(c4ccc(-c5c6ccccc6cc6ccccc56)cc4)c4cc(C5CCCCC5)cc2c43)cc1. The van der Waals surface area contributed by atoms with E-state index in [1.54, 1.807) is 0 Å². The summed E-state index contributed by atoms with van der Waals surface area (Å²) in [6, 6.07) is 60.0.